The van der Waals surface area contributed by atoms with Gasteiger partial charge >= 0.3 is 0 Å². The topological polar surface area (TPSA) is 75.0 Å². The summed E-state index contributed by atoms with van der Waals surface area (Å²) in [6, 6.07) is 11.1. The van der Waals surface area contributed by atoms with Crippen molar-refractivity contribution in [2.24, 2.45) is 5.92 Å². The number of ether oxygens (including phenoxy) is 1. The number of carbonyl (C=O) groups excluding carboxylic acids is 1. The number of amides is 1. The normalized spacial score (nSPS) is 20.1. The van der Waals surface area contributed by atoms with Gasteiger partial charge in [0.1, 0.15) is 5.75 Å². The summed E-state index contributed by atoms with van der Waals surface area (Å²) in [4.78, 5) is 17.7. The number of piperazine rings is 1. The quantitative estimate of drug-likeness (QED) is 0.661. The summed E-state index contributed by atoms with van der Waals surface area (Å²) in [6.07, 6.45) is 4.56. The fourth-order valence-corrected chi connectivity index (χ4v) is 4.19. The molecule has 1 saturated heterocycles. The zero-order valence-corrected chi connectivity index (χ0v) is 18.0. The number of carbonyl (C=O) groups is 1. The Kier molecular flexibility index (Phi) is 5.33. The van der Waals surface area contributed by atoms with Crippen LogP contribution in [0.4, 0.5) is 5.69 Å². The zero-order valence-electron chi connectivity index (χ0n) is 18.0. The van der Waals surface area contributed by atoms with Crippen molar-refractivity contribution < 1.29 is 9.53 Å². The molecule has 1 aliphatic carbocycles. The second-order valence-corrected chi connectivity index (χ2v) is 8.59. The molecule has 2 aliphatic rings. The van der Waals surface area contributed by atoms with Gasteiger partial charge in [0.25, 0.3) is 5.91 Å². The Bertz CT molecular complexity index is 1080. The molecular formula is C23H28N6O2. The predicted octanol–water partition coefficient (Wildman–Crippen LogP) is 2.69. The van der Waals surface area contributed by atoms with Gasteiger partial charge in [0.2, 0.25) is 0 Å². The molecule has 31 heavy (non-hydrogen) atoms. The second kappa shape index (κ2) is 8.28. The van der Waals surface area contributed by atoms with Crippen LogP contribution in [-0.4, -0.2) is 70.6 Å². The summed E-state index contributed by atoms with van der Waals surface area (Å²) in [5.41, 5.74) is 2.04. The molecule has 1 atom stereocenters. The number of rotatable bonds is 6. The van der Waals surface area contributed by atoms with Crippen molar-refractivity contribution in [3.63, 3.8) is 0 Å². The maximum atomic E-state index is 12.9. The maximum absolute atomic E-state index is 12.9. The van der Waals surface area contributed by atoms with Crippen LogP contribution in [-0.2, 0) is 0 Å². The molecule has 0 bridgehead atoms. The number of anilines is 1. The minimum Gasteiger partial charge on any atom is -0.497 e. The fourth-order valence-electron chi connectivity index (χ4n) is 4.19. The highest BCUT2D eigenvalue weighted by molar-refractivity contribution is 6.04. The molecule has 5 rings (SSSR count). The molecule has 1 aromatic carbocycles. The number of aromatic nitrogens is 3. The van der Waals surface area contributed by atoms with Gasteiger partial charge in [0.05, 0.1) is 18.7 Å². The number of likely N-dealkylation sites (N-methyl/N-ethyl adjacent to an activating group) is 1. The molecule has 1 saturated carbocycles. The van der Waals surface area contributed by atoms with Crippen molar-refractivity contribution in [2.45, 2.75) is 18.9 Å². The van der Waals surface area contributed by atoms with Crippen molar-refractivity contribution in [1.29, 1.82) is 0 Å². The molecule has 2 aromatic heterocycles. The summed E-state index contributed by atoms with van der Waals surface area (Å²) in [5.74, 6) is 2.34. The Morgan fingerprint density at radius 1 is 1.13 bits per heavy atom. The first-order chi connectivity index (χ1) is 15.1. The molecule has 1 aliphatic heterocycles. The largest absolute Gasteiger partial charge is 0.497 e. The molecule has 1 unspecified atom stereocenters. The molecule has 3 aromatic rings. The van der Waals surface area contributed by atoms with E-state index in [0.717, 1.165) is 48.5 Å². The number of fused-ring (bicyclic) bond motifs is 1. The van der Waals surface area contributed by atoms with E-state index in [-0.39, 0.29) is 11.9 Å². The number of benzene rings is 1. The SMILES string of the molecule is COc1ccc(NC(=O)c2ccc3nnc(C4CN(CC5CC5)CCN4C)n3c2)cc1. The van der Waals surface area contributed by atoms with Crippen LogP contribution in [0.15, 0.2) is 42.6 Å². The van der Waals surface area contributed by atoms with Crippen molar-refractivity contribution >= 4 is 17.2 Å². The van der Waals surface area contributed by atoms with E-state index in [1.165, 1.54) is 19.4 Å². The molecule has 2 fully saturated rings. The minimum atomic E-state index is -0.168. The molecular weight excluding hydrogens is 392 g/mol. The lowest BCUT2D eigenvalue weighted by molar-refractivity contribution is 0.0870. The van der Waals surface area contributed by atoms with Gasteiger partial charge in [0.15, 0.2) is 11.5 Å². The first kappa shape index (κ1) is 20.0. The number of pyridine rings is 1. The van der Waals surface area contributed by atoms with Gasteiger partial charge < -0.3 is 10.1 Å². The van der Waals surface area contributed by atoms with Crippen molar-refractivity contribution in [3.05, 3.63) is 54.0 Å². The minimum absolute atomic E-state index is 0.155. The molecule has 1 N–H and O–H groups in total. The van der Waals surface area contributed by atoms with E-state index >= 15 is 0 Å². The lowest BCUT2D eigenvalue weighted by atomic mass is 10.1. The summed E-state index contributed by atoms with van der Waals surface area (Å²) >= 11 is 0. The van der Waals surface area contributed by atoms with Gasteiger partial charge in [-0.2, -0.15) is 0 Å². The van der Waals surface area contributed by atoms with Crippen LogP contribution in [0.3, 0.4) is 0 Å². The van der Waals surface area contributed by atoms with Crippen molar-refractivity contribution in [2.75, 3.05) is 45.7 Å². The highest BCUT2D eigenvalue weighted by Crippen LogP contribution is 2.32. The van der Waals surface area contributed by atoms with Crippen LogP contribution in [0.1, 0.15) is 35.1 Å². The van der Waals surface area contributed by atoms with Gasteiger partial charge in [0, 0.05) is 38.1 Å². The van der Waals surface area contributed by atoms with Gasteiger partial charge in [-0.3, -0.25) is 19.0 Å². The summed E-state index contributed by atoms with van der Waals surface area (Å²) < 4.78 is 7.14. The van der Waals surface area contributed by atoms with Crippen LogP contribution in [0.5, 0.6) is 5.75 Å². The highest BCUT2D eigenvalue weighted by Gasteiger charge is 2.32. The molecule has 162 valence electrons. The number of nitrogens with one attached hydrogen (secondary N) is 1. The average molecular weight is 421 g/mol. The maximum Gasteiger partial charge on any atom is 0.257 e. The third kappa shape index (κ3) is 4.26. The number of methoxy groups -OCH3 is 1. The van der Waals surface area contributed by atoms with Gasteiger partial charge in [-0.15, -0.1) is 10.2 Å². The summed E-state index contributed by atoms with van der Waals surface area (Å²) in [7, 11) is 3.76. The molecule has 0 radical (unpaired) electrons. The molecule has 8 heteroatoms. The fraction of sp³-hybridized carbons (Fsp3) is 0.435. The lowest BCUT2D eigenvalue weighted by Gasteiger charge is -2.38. The first-order valence-electron chi connectivity index (χ1n) is 10.8. The van der Waals surface area contributed by atoms with Crippen molar-refractivity contribution in [3.8, 4) is 5.75 Å². The number of hydrogen-bond acceptors (Lipinski definition) is 6. The number of hydrogen-bond donors (Lipinski definition) is 1. The Hall–Kier alpha value is -2.97. The molecule has 3 heterocycles. The molecule has 1 amide bonds. The number of nitrogens with zero attached hydrogens (tertiary/aromatic N) is 5. The van der Waals surface area contributed by atoms with E-state index in [2.05, 4.69) is 32.4 Å². The lowest BCUT2D eigenvalue weighted by Crippen LogP contribution is -2.47. The predicted molar refractivity (Wildman–Crippen MR) is 118 cm³/mol. The standard InChI is InChI=1S/C23H28N6O2/c1-27-11-12-28(13-16-3-4-16)15-20(27)22-26-25-21-10-5-17(14-29(21)22)23(30)24-18-6-8-19(31-2)9-7-18/h5-10,14,16,20H,3-4,11-13,15H2,1-2H3,(H,24,30). The third-order valence-corrected chi connectivity index (χ3v) is 6.28. The Balaban J connectivity index is 1.37. The molecule has 8 nitrogen and oxygen atoms in total. The molecule has 0 spiro atoms. The van der Waals surface area contributed by atoms with Crippen LogP contribution < -0.4 is 10.1 Å². The van der Waals surface area contributed by atoms with Gasteiger partial charge in [-0.25, -0.2) is 0 Å². The Morgan fingerprint density at radius 2 is 1.94 bits per heavy atom. The third-order valence-electron chi connectivity index (χ3n) is 6.28. The van der Waals surface area contributed by atoms with Gasteiger partial charge in [-0.1, -0.05) is 0 Å². The van der Waals surface area contributed by atoms with Crippen molar-refractivity contribution in [1.82, 2.24) is 24.4 Å². The van der Waals surface area contributed by atoms with E-state index in [9.17, 15) is 4.79 Å². The van der Waals surface area contributed by atoms with E-state index in [1.807, 2.05) is 40.9 Å². The van der Waals surface area contributed by atoms with E-state index < -0.39 is 0 Å². The van der Waals surface area contributed by atoms with E-state index in [0.29, 0.717) is 5.56 Å². The Labute approximate surface area is 181 Å². The van der Waals surface area contributed by atoms with E-state index in [4.69, 9.17) is 4.74 Å². The van der Waals surface area contributed by atoms with E-state index in [1.54, 1.807) is 13.2 Å². The highest BCUT2D eigenvalue weighted by atomic mass is 16.5. The van der Waals surface area contributed by atoms with Crippen LogP contribution >= 0.6 is 0 Å². The Morgan fingerprint density at radius 3 is 2.68 bits per heavy atom. The van der Waals surface area contributed by atoms with Crippen LogP contribution in [0.2, 0.25) is 0 Å². The average Bonchev–Trinajstić information content (AvgIpc) is 3.51. The van der Waals surface area contributed by atoms with Gasteiger partial charge in [-0.05, 0) is 62.2 Å². The zero-order chi connectivity index (χ0) is 21.4. The van der Waals surface area contributed by atoms with Crippen LogP contribution in [0, 0.1) is 5.92 Å². The summed E-state index contributed by atoms with van der Waals surface area (Å²) in [5, 5.41) is 11.8. The smallest absolute Gasteiger partial charge is 0.257 e. The first-order valence-corrected chi connectivity index (χ1v) is 10.8. The summed E-state index contributed by atoms with van der Waals surface area (Å²) in [6.45, 7) is 4.21. The van der Waals surface area contributed by atoms with Crippen LogP contribution in [0.25, 0.3) is 5.65 Å². The second-order valence-electron chi connectivity index (χ2n) is 8.59. The monoisotopic (exact) mass is 420 g/mol.